The number of hydrogen-bond donors (Lipinski definition) is 1. The van der Waals surface area contributed by atoms with Crippen LogP contribution in [0.1, 0.15) is 11.1 Å². The molecule has 1 aromatic heterocycles. The second-order valence-electron chi connectivity index (χ2n) is 5.87. The highest BCUT2D eigenvalue weighted by Gasteiger charge is 2.21. The van der Waals surface area contributed by atoms with Crippen molar-refractivity contribution < 1.29 is 18.1 Å². The molecular formula is C19H17N3O5S. The van der Waals surface area contributed by atoms with Gasteiger partial charge in [0.05, 0.1) is 4.92 Å². The zero-order valence-corrected chi connectivity index (χ0v) is 15.5. The van der Waals surface area contributed by atoms with Crippen LogP contribution >= 0.6 is 0 Å². The maximum absolute atomic E-state index is 12.5. The van der Waals surface area contributed by atoms with E-state index in [1.807, 2.05) is 30.3 Å². The minimum absolute atomic E-state index is 0.0250. The molecule has 0 aliphatic carbocycles. The molecule has 3 rings (SSSR count). The first kappa shape index (κ1) is 19.3. The van der Waals surface area contributed by atoms with Gasteiger partial charge in [-0.15, -0.1) is 0 Å². The van der Waals surface area contributed by atoms with Crippen molar-refractivity contribution >= 4 is 21.5 Å². The number of para-hydroxylation sites is 1. The van der Waals surface area contributed by atoms with Gasteiger partial charge in [0.15, 0.2) is 11.6 Å². The summed E-state index contributed by atoms with van der Waals surface area (Å²) in [5.74, 6) is -0.270. The van der Waals surface area contributed by atoms with Crippen molar-refractivity contribution in [1.82, 2.24) is 4.98 Å². The molecule has 0 saturated carbocycles. The van der Waals surface area contributed by atoms with Crippen LogP contribution in [0.5, 0.6) is 5.75 Å². The van der Waals surface area contributed by atoms with E-state index in [1.54, 1.807) is 18.2 Å². The van der Waals surface area contributed by atoms with Gasteiger partial charge >= 0.3 is 0 Å². The molecule has 0 aliphatic rings. The molecule has 0 bridgehead atoms. The second kappa shape index (κ2) is 8.49. The third-order valence-corrected chi connectivity index (χ3v) is 4.99. The van der Waals surface area contributed by atoms with E-state index in [0.29, 0.717) is 0 Å². The van der Waals surface area contributed by atoms with Gasteiger partial charge in [-0.05, 0) is 17.7 Å². The van der Waals surface area contributed by atoms with Crippen LogP contribution < -0.4 is 9.46 Å². The fourth-order valence-electron chi connectivity index (χ4n) is 2.52. The third-order valence-electron chi connectivity index (χ3n) is 3.79. The predicted octanol–water partition coefficient (Wildman–Crippen LogP) is 3.51. The summed E-state index contributed by atoms with van der Waals surface area (Å²) in [5.41, 5.74) is 0.747. The SMILES string of the molecule is O=[N+]([O-])c1ccccc1CS(=O)(=O)Nc1ncccc1OCc1ccccc1. The van der Waals surface area contributed by atoms with Crippen molar-refractivity contribution in [1.29, 1.82) is 0 Å². The zero-order valence-electron chi connectivity index (χ0n) is 14.7. The second-order valence-corrected chi connectivity index (χ2v) is 7.59. The van der Waals surface area contributed by atoms with Crippen LogP contribution in [0.15, 0.2) is 72.9 Å². The standard InChI is InChI=1S/C19H17N3O5S/c23-22(24)17-10-5-4-9-16(17)14-28(25,26)21-19-18(11-6-12-20-19)27-13-15-7-2-1-3-8-15/h1-12H,13-14H2,(H,20,21). The first-order chi connectivity index (χ1) is 13.4. The molecule has 1 N–H and O–H groups in total. The van der Waals surface area contributed by atoms with Gasteiger partial charge in [-0.25, -0.2) is 13.4 Å². The van der Waals surface area contributed by atoms with Gasteiger partial charge < -0.3 is 4.74 Å². The summed E-state index contributed by atoms with van der Waals surface area (Å²) in [7, 11) is -3.95. The Balaban J connectivity index is 1.77. The van der Waals surface area contributed by atoms with E-state index in [-0.39, 0.29) is 29.4 Å². The molecule has 0 fully saturated rings. The van der Waals surface area contributed by atoms with E-state index in [0.717, 1.165) is 5.56 Å². The molecule has 0 radical (unpaired) electrons. The van der Waals surface area contributed by atoms with Crippen LogP contribution in [0.25, 0.3) is 0 Å². The van der Waals surface area contributed by atoms with Crippen molar-refractivity contribution in [3.8, 4) is 5.75 Å². The molecule has 9 heteroatoms. The lowest BCUT2D eigenvalue weighted by atomic mass is 10.2. The van der Waals surface area contributed by atoms with Gasteiger partial charge in [0.1, 0.15) is 12.4 Å². The van der Waals surface area contributed by atoms with Crippen LogP contribution in [0.3, 0.4) is 0 Å². The lowest BCUT2D eigenvalue weighted by Gasteiger charge is -2.13. The highest BCUT2D eigenvalue weighted by Crippen LogP contribution is 2.25. The average molecular weight is 399 g/mol. The number of anilines is 1. The molecule has 0 spiro atoms. The molecule has 2 aromatic carbocycles. The average Bonchev–Trinajstić information content (AvgIpc) is 2.68. The number of nitro groups is 1. The van der Waals surface area contributed by atoms with Crippen LogP contribution in [0.2, 0.25) is 0 Å². The molecule has 0 unspecified atom stereocenters. The highest BCUT2D eigenvalue weighted by molar-refractivity contribution is 7.91. The summed E-state index contributed by atoms with van der Waals surface area (Å²) >= 11 is 0. The smallest absolute Gasteiger partial charge is 0.273 e. The number of nitrogens with zero attached hydrogens (tertiary/aromatic N) is 2. The number of ether oxygens (including phenoxy) is 1. The Bertz CT molecular complexity index is 1070. The monoisotopic (exact) mass is 399 g/mol. The van der Waals surface area contributed by atoms with E-state index < -0.39 is 20.7 Å². The van der Waals surface area contributed by atoms with Gasteiger partial charge in [0, 0.05) is 17.8 Å². The summed E-state index contributed by atoms with van der Waals surface area (Å²) in [4.78, 5) is 14.5. The maximum Gasteiger partial charge on any atom is 0.273 e. The normalized spacial score (nSPS) is 11.0. The fourth-order valence-corrected chi connectivity index (χ4v) is 3.69. The van der Waals surface area contributed by atoms with Gasteiger partial charge in [0.2, 0.25) is 10.0 Å². The Morgan fingerprint density at radius 2 is 1.71 bits per heavy atom. The van der Waals surface area contributed by atoms with Gasteiger partial charge in [0.25, 0.3) is 5.69 Å². The summed E-state index contributed by atoms with van der Waals surface area (Å²) in [6.45, 7) is 0.241. The van der Waals surface area contributed by atoms with E-state index in [2.05, 4.69) is 9.71 Å². The number of hydrogen-bond acceptors (Lipinski definition) is 6. The molecule has 3 aromatic rings. The quantitative estimate of drug-likeness (QED) is 0.458. The van der Waals surface area contributed by atoms with Crippen LogP contribution in [-0.4, -0.2) is 18.3 Å². The summed E-state index contributed by atoms with van der Waals surface area (Å²) in [6.07, 6.45) is 1.43. The van der Waals surface area contributed by atoms with E-state index in [9.17, 15) is 18.5 Å². The van der Waals surface area contributed by atoms with Crippen molar-refractivity contribution in [2.24, 2.45) is 0 Å². The number of nitrogens with one attached hydrogen (secondary N) is 1. The lowest BCUT2D eigenvalue weighted by Crippen LogP contribution is -2.17. The van der Waals surface area contributed by atoms with Gasteiger partial charge in [-0.3, -0.25) is 14.8 Å². The van der Waals surface area contributed by atoms with Crippen molar-refractivity contribution in [3.63, 3.8) is 0 Å². The Morgan fingerprint density at radius 1 is 1.00 bits per heavy atom. The fraction of sp³-hybridized carbons (Fsp3) is 0.105. The maximum atomic E-state index is 12.5. The molecule has 0 aliphatic heterocycles. The number of pyridine rings is 1. The Kier molecular flexibility index (Phi) is 5.85. The number of benzene rings is 2. The summed E-state index contributed by atoms with van der Waals surface area (Å²) < 4.78 is 33.1. The van der Waals surface area contributed by atoms with E-state index >= 15 is 0 Å². The topological polar surface area (TPSA) is 111 Å². The molecule has 8 nitrogen and oxygen atoms in total. The van der Waals surface area contributed by atoms with Crippen molar-refractivity contribution in [2.75, 3.05) is 4.72 Å². The summed E-state index contributed by atoms with van der Waals surface area (Å²) in [6, 6.07) is 18.3. The van der Waals surface area contributed by atoms with Gasteiger partial charge in [-0.1, -0.05) is 48.5 Å². The number of sulfonamides is 1. The number of aromatic nitrogens is 1. The summed E-state index contributed by atoms with van der Waals surface area (Å²) in [5, 5.41) is 11.1. The first-order valence-corrected chi connectivity index (χ1v) is 9.94. The Hall–Kier alpha value is -3.46. The van der Waals surface area contributed by atoms with Crippen LogP contribution in [-0.2, 0) is 22.4 Å². The zero-order chi connectivity index (χ0) is 20.0. The molecule has 1 heterocycles. The molecular weight excluding hydrogens is 382 g/mol. The number of rotatable bonds is 8. The minimum atomic E-state index is -3.95. The Labute approximate surface area is 162 Å². The third kappa shape index (κ3) is 5.04. The van der Waals surface area contributed by atoms with E-state index in [4.69, 9.17) is 4.74 Å². The first-order valence-electron chi connectivity index (χ1n) is 8.29. The molecule has 28 heavy (non-hydrogen) atoms. The molecule has 144 valence electrons. The van der Waals surface area contributed by atoms with Crippen molar-refractivity contribution in [2.45, 2.75) is 12.4 Å². The largest absolute Gasteiger partial charge is 0.485 e. The lowest BCUT2D eigenvalue weighted by molar-refractivity contribution is -0.385. The van der Waals surface area contributed by atoms with Crippen LogP contribution in [0, 0.1) is 10.1 Å². The minimum Gasteiger partial charge on any atom is -0.485 e. The molecule has 0 atom stereocenters. The molecule has 0 saturated heterocycles. The van der Waals surface area contributed by atoms with E-state index in [1.165, 1.54) is 24.4 Å². The van der Waals surface area contributed by atoms with Gasteiger partial charge in [-0.2, -0.15) is 0 Å². The van der Waals surface area contributed by atoms with Crippen LogP contribution in [0.4, 0.5) is 11.5 Å². The highest BCUT2D eigenvalue weighted by atomic mass is 32.2. The molecule has 0 amide bonds. The predicted molar refractivity (Wildman–Crippen MR) is 104 cm³/mol. The van der Waals surface area contributed by atoms with Crippen molar-refractivity contribution in [3.05, 3.63) is 94.2 Å². The number of nitro benzene ring substituents is 1. The Morgan fingerprint density at radius 3 is 2.46 bits per heavy atom.